The maximum atomic E-state index is 12.3. The fourth-order valence-corrected chi connectivity index (χ4v) is 3.75. The van der Waals surface area contributed by atoms with Crippen LogP contribution in [-0.2, 0) is 6.42 Å². The number of carbonyl (C=O) groups is 1. The van der Waals surface area contributed by atoms with Gasteiger partial charge in [-0.15, -0.1) is 11.3 Å². The van der Waals surface area contributed by atoms with Crippen LogP contribution in [0.5, 0.6) is 0 Å². The summed E-state index contributed by atoms with van der Waals surface area (Å²) >= 11 is 3.11. The third-order valence-corrected chi connectivity index (χ3v) is 5.57. The lowest BCUT2D eigenvalue weighted by Gasteiger charge is -2.06. The second-order valence-electron chi connectivity index (χ2n) is 5.80. The molecule has 2 heterocycles. The molecule has 4 nitrogen and oxygen atoms in total. The molecule has 0 saturated carbocycles. The highest BCUT2D eigenvalue weighted by molar-refractivity contribution is 7.09. The quantitative estimate of drug-likeness (QED) is 0.713. The van der Waals surface area contributed by atoms with Crippen molar-refractivity contribution in [3.8, 4) is 10.4 Å². The average molecular weight is 358 g/mol. The molecular formula is C18H19N3OS2. The molecule has 0 atom stereocenters. The number of amides is 1. The van der Waals surface area contributed by atoms with Gasteiger partial charge >= 0.3 is 0 Å². The Morgan fingerprint density at radius 2 is 2.17 bits per heavy atom. The van der Waals surface area contributed by atoms with Crippen LogP contribution in [0.15, 0.2) is 41.9 Å². The maximum Gasteiger partial charge on any atom is 0.251 e. The van der Waals surface area contributed by atoms with Crippen LogP contribution in [0.3, 0.4) is 0 Å². The molecule has 0 unspecified atom stereocenters. The molecule has 0 aliphatic rings. The van der Waals surface area contributed by atoms with Gasteiger partial charge in [0.15, 0.2) is 0 Å². The Labute approximate surface area is 149 Å². The predicted octanol–water partition coefficient (Wildman–Crippen LogP) is 4.36. The van der Waals surface area contributed by atoms with E-state index in [2.05, 4.69) is 33.9 Å². The number of nitrogens with one attached hydrogen (secondary N) is 1. The van der Waals surface area contributed by atoms with Crippen molar-refractivity contribution in [1.29, 1.82) is 0 Å². The Morgan fingerprint density at radius 1 is 1.29 bits per heavy atom. The Bertz CT molecular complexity index is 809. The minimum absolute atomic E-state index is 0.0549. The van der Waals surface area contributed by atoms with Crippen molar-refractivity contribution in [2.75, 3.05) is 6.54 Å². The molecule has 6 heteroatoms. The number of rotatable bonds is 6. The first-order valence-corrected chi connectivity index (χ1v) is 9.52. The van der Waals surface area contributed by atoms with Crippen molar-refractivity contribution < 1.29 is 4.79 Å². The van der Waals surface area contributed by atoms with Crippen LogP contribution in [0, 0.1) is 0 Å². The molecule has 0 bridgehead atoms. The minimum atomic E-state index is -0.0549. The topological polar surface area (TPSA) is 54.9 Å². The minimum Gasteiger partial charge on any atom is -0.352 e. The molecule has 0 aliphatic carbocycles. The van der Waals surface area contributed by atoms with E-state index in [1.807, 2.05) is 30.3 Å². The van der Waals surface area contributed by atoms with Gasteiger partial charge in [-0.2, -0.15) is 0 Å². The molecule has 2 aromatic heterocycles. The smallest absolute Gasteiger partial charge is 0.251 e. The molecule has 1 N–H and O–H groups in total. The Kier molecular flexibility index (Phi) is 5.37. The first-order valence-electron chi connectivity index (χ1n) is 7.87. The Hall–Kier alpha value is -2.05. The number of carbonyl (C=O) groups excluding carboxylic acids is 1. The second-order valence-corrected chi connectivity index (χ2v) is 7.52. The number of aromatic nitrogens is 2. The fourth-order valence-electron chi connectivity index (χ4n) is 2.29. The van der Waals surface area contributed by atoms with Gasteiger partial charge in [-0.3, -0.25) is 4.79 Å². The van der Waals surface area contributed by atoms with Crippen LogP contribution in [-0.4, -0.2) is 21.8 Å². The summed E-state index contributed by atoms with van der Waals surface area (Å²) in [5.41, 5.74) is 2.73. The van der Waals surface area contributed by atoms with Gasteiger partial charge in [-0.05, 0) is 35.3 Å². The van der Waals surface area contributed by atoms with Crippen LogP contribution in [0.25, 0.3) is 10.4 Å². The number of hydrogen-bond donors (Lipinski definition) is 1. The van der Waals surface area contributed by atoms with E-state index in [1.54, 1.807) is 17.5 Å². The number of thiazole rings is 1. The normalized spacial score (nSPS) is 11.0. The van der Waals surface area contributed by atoms with Crippen LogP contribution in [0.1, 0.15) is 40.8 Å². The summed E-state index contributed by atoms with van der Waals surface area (Å²) in [5.74, 6) is 0.397. The third-order valence-electron chi connectivity index (χ3n) is 3.58. The molecule has 3 aromatic rings. The molecular weight excluding hydrogens is 338 g/mol. The molecule has 1 aromatic carbocycles. The first-order chi connectivity index (χ1) is 11.6. The summed E-state index contributed by atoms with van der Waals surface area (Å²) in [7, 11) is 0. The molecule has 124 valence electrons. The lowest BCUT2D eigenvalue weighted by atomic mass is 10.1. The summed E-state index contributed by atoms with van der Waals surface area (Å²) in [6, 6.07) is 9.59. The number of hydrogen-bond acceptors (Lipinski definition) is 5. The van der Waals surface area contributed by atoms with Gasteiger partial charge in [0.1, 0.15) is 0 Å². The van der Waals surface area contributed by atoms with Crippen LogP contribution in [0.4, 0.5) is 0 Å². The van der Waals surface area contributed by atoms with Gasteiger partial charge in [0.2, 0.25) is 0 Å². The van der Waals surface area contributed by atoms with Crippen molar-refractivity contribution >= 4 is 28.8 Å². The zero-order valence-corrected chi connectivity index (χ0v) is 15.3. The molecule has 0 spiro atoms. The van der Waals surface area contributed by atoms with Crippen molar-refractivity contribution in [3.63, 3.8) is 0 Å². The van der Waals surface area contributed by atoms with Crippen LogP contribution < -0.4 is 5.32 Å². The fraction of sp³-hybridized carbons (Fsp3) is 0.278. The predicted molar refractivity (Wildman–Crippen MR) is 99.8 cm³/mol. The van der Waals surface area contributed by atoms with Crippen molar-refractivity contribution in [2.45, 2.75) is 26.2 Å². The van der Waals surface area contributed by atoms with E-state index in [1.165, 1.54) is 11.5 Å². The van der Waals surface area contributed by atoms with Gasteiger partial charge in [-0.1, -0.05) is 26.0 Å². The van der Waals surface area contributed by atoms with Gasteiger partial charge < -0.3 is 5.32 Å². The lowest BCUT2D eigenvalue weighted by Crippen LogP contribution is -2.25. The largest absolute Gasteiger partial charge is 0.352 e. The van der Waals surface area contributed by atoms with Crippen LogP contribution >= 0.6 is 22.9 Å². The van der Waals surface area contributed by atoms with Crippen LogP contribution in [0.2, 0.25) is 0 Å². The van der Waals surface area contributed by atoms with E-state index in [9.17, 15) is 4.79 Å². The Morgan fingerprint density at radius 3 is 2.88 bits per heavy atom. The molecule has 1 amide bonds. The van der Waals surface area contributed by atoms with E-state index in [0.29, 0.717) is 18.0 Å². The zero-order chi connectivity index (χ0) is 16.9. The lowest BCUT2D eigenvalue weighted by molar-refractivity contribution is 0.0954. The van der Waals surface area contributed by atoms with Crippen molar-refractivity contribution in [1.82, 2.24) is 14.7 Å². The summed E-state index contributed by atoms with van der Waals surface area (Å²) in [5, 5.41) is 6.19. The van der Waals surface area contributed by atoms with E-state index < -0.39 is 0 Å². The number of benzene rings is 1. The molecule has 0 saturated heterocycles. The third kappa shape index (κ3) is 4.07. The van der Waals surface area contributed by atoms with Gasteiger partial charge in [0, 0.05) is 36.0 Å². The summed E-state index contributed by atoms with van der Waals surface area (Å²) in [6.45, 7) is 4.87. The molecule has 24 heavy (non-hydrogen) atoms. The standard InChI is InChI=1S/C18H19N3OS2/c1-12(2)18-21-15(11-23-18)6-8-19-17(22)14-5-3-4-13(10-14)16-7-9-20-24-16/h3-5,7,9-12H,6,8H2,1-2H3,(H,19,22). The van der Waals surface area contributed by atoms with E-state index >= 15 is 0 Å². The first kappa shape index (κ1) is 16.8. The maximum absolute atomic E-state index is 12.3. The average Bonchev–Trinajstić information content (AvgIpc) is 3.27. The zero-order valence-electron chi connectivity index (χ0n) is 13.7. The Balaban J connectivity index is 1.58. The molecule has 0 fully saturated rings. The highest BCUT2D eigenvalue weighted by Crippen LogP contribution is 2.23. The molecule has 0 aliphatic heterocycles. The van der Waals surface area contributed by atoms with E-state index in [-0.39, 0.29) is 5.91 Å². The van der Waals surface area contributed by atoms with Gasteiger partial charge in [0.25, 0.3) is 5.91 Å². The van der Waals surface area contributed by atoms with Crippen molar-refractivity contribution in [3.05, 3.63) is 58.2 Å². The number of nitrogens with zero attached hydrogens (tertiary/aromatic N) is 2. The summed E-state index contributed by atoms with van der Waals surface area (Å²) in [6.07, 6.45) is 2.52. The molecule has 3 rings (SSSR count). The molecule has 0 radical (unpaired) electrons. The second kappa shape index (κ2) is 7.68. The van der Waals surface area contributed by atoms with E-state index in [4.69, 9.17) is 0 Å². The highest BCUT2D eigenvalue weighted by Gasteiger charge is 2.09. The van der Waals surface area contributed by atoms with Gasteiger partial charge in [0.05, 0.1) is 15.6 Å². The SMILES string of the molecule is CC(C)c1nc(CCNC(=O)c2cccc(-c3ccns3)c2)cs1. The van der Waals surface area contributed by atoms with E-state index in [0.717, 1.165) is 27.6 Å². The summed E-state index contributed by atoms with van der Waals surface area (Å²) in [4.78, 5) is 18.0. The highest BCUT2D eigenvalue weighted by atomic mass is 32.1. The monoisotopic (exact) mass is 357 g/mol. The van der Waals surface area contributed by atoms with Crippen molar-refractivity contribution in [2.24, 2.45) is 0 Å². The summed E-state index contributed by atoms with van der Waals surface area (Å²) < 4.78 is 4.11. The van der Waals surface area contributed by atoms with Gasteiger partial charge in [-0.25, -0.2) is 9.36 Å².